The van der Waals surface area contributed by atoms with Crippen molar-refractivity contribution in [3.8, 4) is 11.5 Å². The van der Waals surface area contributed by atoms with Gasteiger partial charge in [0.2, 0.25) is 0 Å². The van der Waals surface area contributed by atoms with Gasteiger partial charge in [-0.2, -0.15) is 0 Å². The average Bonchev–Trinajstić information content (AvgIpc) is 2.33. The van der Waals surface area contributed by atoms with E-state index in [1.54, 1.807) is 12.1 Å². The van der Waals surface area contributed by atoms with Crippen molar-refractivity contribution in [3.63, 3.8) is 0 Å². The van der Waals surface area contributed by atoms with Crippen LogP contribution in [0.5, 0.6) is 11.5 Å². The van der Waals surface area contributed by atoms with Crippen LogP contribution in [-0.4, -0.2) is 11.1 Å². The molecular formula is C13H7Br2FO3. The smallest absolute Gasteiger partial charge is 0.339 e. The molecule has 0 aliphatic carbocycles. The van der Waals surface area contributed by atoms with Crippen LogP contribution in [0.4, 0.5) is 4.39 Å². The fourth-order valence-corrected chi connectivity index (χ4v) is 2.12. The van der Waals surface area contributed by atoms with Crippen LogP contribution >= 0.6 is 31.9 Å². The van der Waals surface area contributed by atoms with Gasteiger partial charge < -0.3 is 9.84 Å². The summed E-state index contributed by atoms with van der Waals surface area (Å²) in [7, 11) is 0. The first-order valence-corrected chi connectivity index (χ1v) is 6.71. The molecule has 3 nitrogen and oxygen atoms in total. The van der Waals surface area contributed by atoms with E-state index >= 15 is 0 Å². The first kappa shape index (κ1) is 14.0. The van der Waals surface area contributed by atoms with Crippen LogP contribution in [-0.2, 0) is 0 Å². The number of hydrogen-bond acceptors (Lipinski definition) is 2. The molecule has 6 heteroatoms. The highest BCUT2D eigenvalue weighted by molar-refractivity contribution is 9.10. The summed E-state index contributed by atoms with van der Waals surface area (Å²) in [5.41, 5.74) is 0.0312. The number of halogens is 3. The normalized spacial score (nSPS) is 10.3. The molecule has 0 unspecified atom stereocenters. The van der Waals surface area contributed by atoms with E-state index in [2.05, 4.69) is 31.9 Å². The SMILES string of the molecule is O=C(O)c1ccc(Br)cc1Oc1ccc(F)c(Br)c1. The van der Waals surface area contributed by atoms with Crippen molar-refractivity contribution in [1.82, 2.24) is 0 Å². The molecule has 0 atom stereocenters. The number of ether oxygens (including phenoxy) is 1. The third-order valence-corrected chi connectivity index (χ3v) is 3.39. The van der Waals surface area contributed by atoms with E-state index in [1.165, 1.54) is 24.3 Å². The number of carboxylic acid groups (broad SMARTS) is 1. The zero-order valence-corrected chi connectivity index (χ0v) is 12.5. The Morgan fingerprint density at radius 2 is 1.89 bits per heavy atom. The Labute approximate surface area is 125 Å². The van der Waals surface area contributed by atoms with Gasteiger partial charge >= 0.3 is 5.97 Å². The summed E-state index contributed by atoms with van der Waals surface area (Å²) in [4.78, 5) is 11.1. The minimum Gasteiger partial charge on any atom is -0.478 e. The maximum absolute atomic E-state index is 13.1. The van der Waals surface area contributed by atoms with Gasteiger partial charge in [-0.15, -0.1) is 0 Å². The summed E-state index contributed by atoms with van der Waals surface area (Å²) in [6.07, 6.45) is 0. The lowest BCUT2D eigenvalue weighted by atomic mass is 10.2. The lowest BCUT2D eigenvalue weighted by Crippen LogP contribution is -2.00. The number of benzene rings is 2. The van der Waals surface area contributed by atoms with Crippen LogP contribution in [0.15, 0.2) is 45.3 Å². The Balaban J connectivity index is 2.39. The van der Waals surface area contributed by atoms with Gasteiger partial charge in [-0.1, -0.05) is 15.9 Å². The molecule has 1 N–H and O–H groups in total. The van der Waals surface area contributed by atoms with Crippen molar-refractivity contribution in [2.45, 2.75) is 0 Å². The molecule has 98 valence electrons. The van der Waals surface area contributed by atoms with Crippen LogP contribution in [0.3, 0.4) is 0 Å². The van der Waals surface area contributed by atoms with Gasteiger partial charge in [0.05, 0.1) is 4.47 Å². The van der Waals surface area contributed by atoms with E-state index in [0.29, 0.717) is 10.2 Å². The van der Waals surface area contributed by atoms with Crippen LogP contribution < -0.4 is 4.74 Å². The highest BCUT2D eigenvalue weighted by Crippen LogP contribution is 2.30. The number of carboxylic acids is 1. The number of carbonyl (C=O) groups is 1. The molecule has 2 aromatic carbocycles. The molecule has 0 aliphatic heterocycles. The number of rotatable bonds is 3. The minimum atomic E-state index is -1.09. The van der Waals surface area contributed by atoms with Gasteiger partial charge in [-0.05, 0) is 52.3 Å². The van der Waals surface area contributed by atoms with Crippen molar-refractivity contribution < 1.29 is 19.0 Å². The Hall–Kier alpha value is -1.40. The summed E-state index contributed by atoms with van der Waals surface area (Å²) in [5, 5.41) is 9.07. The summed E-state index contributed by atoms with van der Waals surface area (Å²) in [6.45, 7) is 0. The molecule has 0 radical (unpaired) electrons. The van der Waals surface area contributed by atoms with Crippen LogP contribution in [0, 0.1) is 5.82 Å². The maximum Gasteiger partial charge on any atom is 0.339 e. The topological polar surface area (TPSA) is 46.5 Å². The van der Waals surface area contributed by atoms with E-state index in [1.807, 2.05) is 0 Å². The number of aromatic carboxylic acids is 1. The third kappa shape index (κ3) is 3.33. The van der Waals surface area contributed by atoms with Crippen LogP contribution in [0.25, 0.3) is 0 Å². The van der Waals surface area contributed by atoms with Crippen molar-refractivity contribution in [2.24, 2.45) is 0 Å². The van der Waals surface area contributed by atoms with Gasteiger partial charge in [0, 0.05) is 4.47 Å². The van der Waals surface area contributed by atoms with Gasteiger partial charge in [-0.25, -0.2) is 9.18 Å². The van der Waals surface area contributed by atoms with Crippen molar-refractivity contribution in [1.29, 1.82) is 0 Å². The Morgan fingerprint density at radius 3 is 2.53 bits per heavy atom. The molecule has 2 rings (SSSR count). The van der Waals surface area contributed by atoms with Gasteiger partial charge in [0.25, 0.3) is 0 Å². The van der Waals surface area contributed by atoms with Gasteiger partial charge in [0.1, 0.15) is 22.9 Å². The molecule has 19 heavy (non-hydrogen) atoms. The lowest BCUT2D eigenvalue weighted by Gasteiger charge is -2.09. The molecule has 0 spiro atoms. The van der Waals surface area contributed by atoms with Crippen LogP contribution in [0.2, 0.25) is 0 Å². The monoisotopic (exact) mass is 388 g/mol. The molecule has 0 aromatic heterocycles. The summed E-state index contributed by atoms with van der Waals surface area (Å²) < 4.78 is 19.5. The lowest BCUT2D eigenvalue weighted by molar-refractivity contribution is 0.0694. The molecule has 0 saturated heterocycles. The summed E-state index contributed by atoms with van der Waals surface area (Å²) in [5.74, 6) is -0.988. The Morgan fingerprint density at radius 1 is 1.16 bits per heavy atom. The van der Waals surface area contributed by atoms with E-state index in [9.17, 15) is 9.18 Å². The van der Waals surface area contributed by atoms with Crippen molar-refractivity contribution in [3.05, 3.63) is 56.7 Å². The van der Waals surface area contributed by atoms with E-state index < -0.39 is 11.8 Å². The molecule has 0 amide bonds. The standard InChI is InChI=1S/C13H7Br2FO3/c14-7-1-3-9(13(17)18)12(5-7)19-8-2-4-11(16)10(15)6-8/h1-6H,(H,17,18). The molecular weight excluding hydrogens is 383 g/mol. The highest BCUT2D eigenvalue weighted by Gasteiger charge is 2.13. The zero-order valence-electron chi connectivity index (χ0n) is 9.36. The quantitative estimate of drug-likeness (QED) is 0.816. The van der Waals surface area contributed by atoms with E-state index in [4.69, 9.17) is 9.84 Å². The Bertz CT molecular complexity index is 644. The molecule has 2 aromatic rings. The van der Waals surface area contributed by atoms with Gasteiger partial charge in [0.15, 0.2) is 0 Å². The first-order chi connectivity index (χ1) is 8.97. The second kappa shape index (κ2) is 5.71. The van der Waals surface area contributed by atoms with Crippen molar-refractivity contribution in [2.75, 3.05) is 0 Å². The van der Waals surface area contributed by atoms with Crippen LogP contribution in [0.1, 0.15) is 10.4 Å². The second-order valence-corrected chi connectivity index (χ2v) is 5.39. The third-order valence-electron chi connectivity index (χ3n) is 2.29. The number of hydrogen-bond donors (Lipinski definition) is 1. The minimum absolute atomic E-state index is 0.0312. The average molecular weight is 390 g/mol. The summed E-state index contributed by atoms with van der Waals surface area (Å²) >= 11 is 6.28. The van der Waals surface area contributed by atoms with E-state index in [-0.39, 0.29) is 15.8 Å². The maximum atomic E-state index is 13.1. The van der Waals surface area contributed by atoms with E-state index in [0.717, 1.165) is 0 Å². The molecule has 0 fully saturated rings. The summed E-state index contributed by atoms with van der Waals surface area (Å²) in [6, 6.07) is 8.67. The van der Waals surface area contributed by atoms with Crippen molar-refractivity contribution >= 4 is 37.8 Å². The predicted molar refractivity (Wildman–Crippen MR) is 75.3 cm³/mol. The molecule has 0 heterocycles. The fourth-order valence-electron chi connectivity index (χ4n) is 1.42. The predicted octanol–water partition coefficient (Wildman–Crippen LogP) is 4.84. The molecule has 0 saturated carbocycles. The highest BCUT2D eigenvalue weighted by atomic mass is 79.9. The Kier molecular flexibility index (Phi) is 4.21. The largest absolute Gasteiger partial charge is 0.478 e. The zero-order chi connectivity index (χ0) is 14.0. The molecule has 0 bridgehead atoms. The first-order valence-electron chi connectivity index (χ1n) is 5.13. The second-order valence-electron chi connectivity index (χ2n) is 3.62. The molecule has 0 aliphatic rings. The van der Waals surface area contributed by atoms with Gasteiger partial charge in [-0.3, -0.25) is 0 Å². The fraction of sp³-hybridized carbons (Fsp3) is 0.